The Morgan fingerprint density at radius 3 is 1.44 bits per heavy atom. The molecule has 0 fully saturated rings. The van der Waals surface area contributed by atoms with Gasteiger partial charge in [0.25, 0.3) is 0 Å². The van der Waals surface area contributed by atoms with E-state index in [0.29, 0.717) is 6.04 Å². The summed E-state index contributed by atoms with van der Waals surface area (Å²) in [6.07, 6.45) is 29.5. The summed E-state index contributed by atoms with van der Waals surface area (Å²) in [5.41, 5.74) is 1.36. The fourth-order valence-electron chi connectivity index (χ4n) is 4.17. The number of likely N-dealkylation sites (N-methyl/N-ethyl adjacent to an activating group) is 1. The van der Waals surface area contributed by atoms with Crippen LogP contribution in [0.4, 0.5) is 0 Å². The summed E-state index contributed by atoms with van der Waals surface area (Å²) in [4.78, 5) is 2.18. The average molecular weight is 492 g/mol. The topological polar surface area (TPSA) is 3.24 Å². The van der Waals surface area contributed by atoms with Gasteiger partial charge >= 0.3 is 0 Å². The molecule has 0 aliphatic rings. The molecular formula is C32H58ClN. The van der Waals surface area contributed by atoms with Crippen LogP contribution in [-0.4, -0.2) is 25.0 Å². The quantitative estimate of drug-likeness (QED) is 0.122. The van der Waals surface area contributed by atoms with E-state index in [-0.39, 0.29) is 12.4 Å². The highest BCUT2D eigenvalue weighted by atomic mass is 35.5. The molecule has 0 heterocycles. The molecule has 0 amide bonds. The number of nitrogens with zero attached hydrogens (tertiary/aromatic N) is 1. The third-order valence-electron chi connectivity index (χ3n) is 6.48. The van der Waals surface area contributed by atoms with Crippen molar-refractivity contribution in [2.45, 2.75) is 129 Å². The lowest BCUT2D eigenvalue weighted by molar-refractivity contribution is 0.342. The third kappa shape index (κ3) is 24.1. The molecule has 0 bridgehead atoms. The van der Waals surface area contributed by atoms with Crippen LogP contribution in [-0.2, 0) is 6.42 Å². The van der Waals surface area contributed by atoms with Crippen LogP contribution >= 0.6 is 12.4 Å². The highest BCUT2D eigenvalue weighted by Crippen LogP contribution is 2.14. The molecule has 1 unspecified atom stereocenters. The van der Waals surface area contributed by atoms with Crippen LogP contribution in [0.1, 0.15) is 122 Å². The Hall–Kier alpha value is -1.05. The molecule has 2 heteroatoms. The number of benzene rings is 1. The third-order valence-corrected chi connectivity index (χ3v) is 6.48. The molecule has 0 saturated carbocycles. The second kappa shape index (κ2) is 28.2. The Balaban J connectivity index is 0. The standard InChI is InChI=1S/C20H40.C12H17N.ClH/c1-3-5-7-9-11-13-15-17-19-20-18-16-14-12-10-8-6-4-2;1-4-12(13(2)3)10-11-8-6-5-7-9-11;/h3H,1,4-20H2,2H3;4-9,12H,1,10H2,2-3H3;1H. The SMILES string of the molecule is C=CC(Cc1ccccc1)N(C)C.C=CCCCCCCCCCCCCCCCCCC.Cl. The van der Waals surface area contributed by atoms with Crippen molar-refractivity contribution in [2.75, 3.05) is 14.1 Å². The lowest BCUT2D eigenvalue weighted by Gasteiger charge is -2.20. The number of allylic oxidation sites excluding steroid dienone is 1. The van der Waals surface area contributed by atoms with E-state index in [1.165, 1.54) is 115 Å². The van der Waals surface area contributed by atoms with Crippen LogP contribution in [0.2, 0.25) is 0 Å². The Bertz CT molecular complexity index is 525. The van der Waals surface area contributed by atoms with Gasteiger partial charge in [-0.05, 0) is 38.9 Å². The molecule has 0 aliphatic carbocycles. The van der Waals surface area contributed by atoms with Crippen molar-refractivity contribution in [3.05, 3.63) is 61.2 Å². The van der Waals surface area contributed by atoms with Gasteiger partial charge < -0.3 is 4.90 Å². The lowest BCUT2D eigenvalue weighted by atomic mass is 10.0. The summed E-state index contributed by atoms with van der Waals surface area (Å²) in [5, 5.41) is 0. The van der Waals surface area contributed by atoms with Crippen molar-refractivity contribution in [3.63, 3.8) is 0 Å². The minimum Gasteiger partial charge on any atom is -0.303 e. The molecule has 1 aromatic carbocycles. The van der Waals surface area contributed by atoms with E-state index in [2.05, 4.69) is 63.3 Å². The van der Waals surface area contributed by atoms with Crippen LogP contribution in [0.25, 0.3) is 0 Å². The normalized spacial score (nSPS) is 11.3. The minimum atomic E-state index is 0. The van der Waals surface area contributed by atoms with E-state index in [4.69, 9.17) is 0 Å². The van der Waals surface area contributed by atoms with E-state index >= 15 is 0 Å². The van der Waals surface area contributed by atoms with Crippen molar-refractivity contribution >= 4 is 12.4 Å². The molecule has 0 spiro atoms. The van der Waals surface area contributed by atoms with Crippen molar-refractivity contribution in [1.29, 1.82) is 0 Å². The average Bonchev–Trinajstić information content (AvgIpc) is 2.83. The monoisotopic (exact) mass is 491 g/mol. The maximum atomic E-state index is 3.84. The van der Waals surface area contributed by atoms with E-state index in [0.717, 1.165) is 6.42 Å². The van der Waals surface area contributed by atoms with Gasteiger partial charge in [0.15, 0.2) is 0 Å². The molecule has 0 aromatic heterocycles. The first-order valence-corrected chi connectivity index (χ1v) is 14.1. The smallest absolute Gasteiger partial charge is 0.0309 e. The molecule has 0 saturated heterocycles. The zero-order valence-corrected chi connectivity index (χ0v) is 23.9. The first-order valence-electron chi connectivity index (χ1n) is 14.1. The van der Waals surface area contributed by atoms with Crippen molar-refractivity contribution in [1.82, 2.24) is 4.90 Å². The molecular weight excluding hydrogens is 434 g/mol. The van der Waals surface area contributed by atoms with Crippen LogP contribution in [0.3, 0.4) is 0 Å². The number of hydrogen-bond acceptors (Lipinski definition) is 1. The number of halogens is 1. The van der Waals surface area contributed by atoms with Gasteiger partial charge in [0.05, 0.1) is 0 Å². The fourth-order valence-corrected chi connectivity index (χ4v) is 4.17. The first kappa shape index (κ1) is 35.1. The van der Waals surface area contributed by atoms with Crippen LogP contribution in [0.5, 0.6) is 0 Å². The van der Waals surface area contributed by atoms with Crippen LogP contribution in [0, 0.1) is 0 Å². The van der Waals surface area contributed by atoms with Crippen LogP contribution < -0.4 is 0 Å². The summed E-state index contributed by atoms with van der Waals surface area (Å²) < 4.78 is 0. The second-order valence-electron chi connectivity index (χ2n) is 9.84. The van der Waals surface area contributed by atoms with Gasteiger partial charge in [0.2, 0.25) is 0 Å². The predicted molar refractivity (Wildman–Crippen MR) is 159 cm³/mol. The Labute approximate surface area is 220 Å². The second-order valence-corrected chi connectivity index (χ2v) is 9.84. The first-order chi connectivity index (χ1) is 16.2. The highest BCUT2D eigenvalue weighted by molar-refractivity contribution is 5.85. The predicted octanol–water partition coefficient (Wildman–Crippen LogP) is 10.6. The molecule has 198 valence electrons. The zero-order valence-electron chi connectivity index (χ0n) is 23.1. The number of hydrogen-bond donors (Lipinski definition) is 0. The lowest BCUT2D eigenvalue weighted by Crippen LogP contribution is -2.27. The van der Waals surface area contributed by atoms with Gasteiger partial charge in [0.1, 0.15) is 0 Å². The highest BCUT2D eigenvalue weighted by Gasteiger charge is 2.06. The Morgan fingerprint density at radius 1 is 0.676 bits per heavy atom. The van der Waals surface area contributed by atoms with Gasteiger partial charge in [-0.25, -0.2) is 0 Å². The Kier molecular flexibility index (Phi) is 29.1. The van der Waals surface area contributed by atoms with Crippen molar-refractivity contribution in [3.8, 4) is 0 Å². The molecule has 0 radical (unpaired) electrons. The fraction of sp³-hybridized carbons (Fsp3) is 0.688. The summed E-state index contributed by atoms with van der Waals surface area (Å²) in [6, 6.07) is 10.9. The molecule has 1 atom stereocenters. The van der Waals surface area contributed by atoms with E-state index in [1.807, 2.05) is 18.2 Å². The van der Waals surface area contributed by atoms with Crippen LogP contribution in [0.15, 0.2) is 55.6 Å². The maximum Gasteiger partial charge on any atom is 0.0309 e. The van der Waals surface area contributed by atoms with Gasteiger partial charge in [-0.15, -0.1) is 25.6 Å². The van der Waals surface area contributed by atoms with Gasteiger partial charge in [-0.1, -0.05) is 146 Å². The summed E-state index contributed by atoms with van der Waals surface area (Å²) in [7, 11) is 4.16. The number of unbranched alkanes of at least 4 members (excludes halogenated alkanes) is 16. The van der Waals surface area contributed by atoms with Crippen molar-refractivity contribution in [2.24, 2.45) is 0 Å². The van der Waals surface area contributed by atoms with E-state index < -0.39 is 0 Å². The molecule has 1 nitrogen and oxygen atoms in total. The molecule has 1 aromatic rings. The Morgan fingerprint density at radius 2 is 1.09 bits per heavy atom. The van der Waals surface area contributed by atoms with E-state index in [1.54, 1.807) is 0 Å². The van der Waals surface area contributed by atoms with Gasteiger partial charge in [0, 0.05) is 6.04 Å². The van der Waals surface area contributed by atoms with Gasteiger partial charge in [-0.2, -0.15) is 0 Å². The maximum absolute atomic E-state index is 3.84. The summed E-state index contributed by atoms with van der Waals surface area (Å²) in [5.74, 6) is 0. The van der Waals surface area contributed by atoms with Gasteiger partial charge in [-0.3, -0.25) is 0 Å². The molecule has 1 rings (SSSR count). The number of rotatable bonds is 21. The van der Waals surface area contributed by atoms with E-state index in [9.17, 15) is 0 Å². The molecule has 0 N–H and O–H groups in total. The minimum absolute atomic E-state index is 0. The summed E-state index contributed by atoms with van der Waals surface area (Å²) >= 11 is 0. The zero-order chi connectivity index (χ0) is 24.4. The molecule has 0 aliphatic heterocycles. The van der Waals surface area contributed by atoms with Crippen molar-refractivity contribution < 1.29 is 0 Å². The largest absolute Gasteiger partial charge is 0.303 e. The summed E-state index contributed by atoms with van der Waals surface area (Å²) in [6.45, 7) is 9.90. The molecule has 34 heavy (non-hydrogen) atoms.